The highest BCUT2D eigenvalue weighted by Gasteiger charge is 2.22. The molecule has 1 heterocycles. The summed E-state index contributed by atoms with van der Waals surface area (Å²) < 4.78 is 55.5. The number of hydrogen-bond acceptors (Lipinski definition) is 4. The summed E-state index contributed by atoms with van der Waals surface area (Å²) in [5, 5.41) is 3.99. The van der Waals surface area contributed by atoms with Crippen LogP contribution >= 0.6 is 0 Å². The topological polar surface area (TPSA) is 76.9 Å². The lowest BCUT2D eigenvalue weighted by molar-refractivity contribution is 0.538. The highest BCUT2D eigenvalue weighted by molar-refractivity contribution is 7.89. The predicted octanol–water partition coefficient (Wildman–Crippen LogP) is 2.59. The first-order valence-electron chi connectivity index (χ1n) is 7.29. The van der Waals surface area contributed by atoms with E-state index in [-0.39, 0.29) is 0 Å². The van der Waals surface area contributed by atoms with E-state index in [4.69, 9.17) is 0 Å². The third kappa shape index (κ3) is 3.72. The van der Waals surface area contributed by atoms with Gasteiger partial charge in [-0.15, -0.1) is 0 Å². The normalized spacial score (nSPS) is 12.9. The Labute approximate surface area is 143 Å². The number of rotatable bonds is 5. The molecule has 0 saturated carbocycles. The smallest absolute Gasteiger partial charge is 0.223 e. The van der Waals surface area contributed by atoms with Crippen molar-refractivity contribution in [3.8, 4) is 5.69 Å². The van der Waals surface area contributed by atoms with Crippen LogP contribution in [0, 0.1) is 11.6 Å². The van der Waals surface area contributed by atoms with Gasteiger partial charge in [-0.2, -0.15) is 5.10 Å². The molecule has 2 aromatic carbocycles. The van der Waals surface area contributed by atoms with Gasteiger partial charge in [-0.3, -0.25) is 0 Å². The Morgan fingerprint density at radius 3 is 2.48 bits per heavy atom. The van der Waals surface area contributed by atoms with E-state index in [9.17, 15) is 17.2 Å². The fraction of sp³-hybridized carbons (Fsp3) is 0.125. The van der Waals surface area contributed by atoms with Crippen LogP contribution in [0.4, 0.5) is 8.78 Å². The molecule has 0 bridgehead atoms. The average molecular weight is 364 g/mol. The van der Waals surface area contributed by atoms with Crippen molar-refractivity contribution in [2.24, 2.45) is 0 Å². The third-order valence-corrected chi connectivity index (χ3v) is 5.15. The average Bonchev–Trinajstić information content (AvgIpc) is 3.11. The van der Waals surface area contributed by atoms with E-state index in [2.05, 4.69) is 14.8 Å². The Hall–Kier alpha value is -2.65. The van der Waals surface area contributed by atoms with Gasteiger partial charge in [0, 0.05) is 6.04 Å². The number of aromatic nitrogens is 3. The maximum absolute atomic E-state index is 13.7. The van der Waals surface area contributed by atoms with E-state index in [1.807, 2.05) is 0 Å². The van der Waals surface area contributed by atoms with Gasteiger partial charge in [0.25, 0.3) is 0 Å². The van der Waals surface area contributed by atoms with E-state index < -0.39 is 32.6 Å². The lowest BCUT2D eigenvalue weighted by Gasteiger charge is -2.15. The maximum atomic E-state index is 13.7. The quantitative estimate of drug-likeness (QED) is 0.755. The van der Waals surface area contributed by atoms with Crippen LogP contribution in [0.1, 0.15) is 18.5 Å². The minimum absolute atomic E-state index is 0.641. The Morgan fingerprint density at radius 1 is 1.12 bits per heavy atom. The molecule has 1 N–H and O–H groups in total. The van der Waals surface area contributed by atoms with Gasteiger partial charge in [0.2, 0.25) is 10.0 Å². The maximum Gasteiger partial charge on any atom is 0.244 e. The third-order valence-electron chi connectivity index (χ3n) is 3.59. The van der Waals surface area contributed by atoms with Crippen molar-refractivity contribution in [3.05, 3.63) is 72.3 Å². The molecular formula is C16H14F2N4O2S. The second-order valence-corrected chi connectivity index (χ2v) is 7.03. The molecule has 0 saturated heterocycles. The van der Waals surface area contributed by atoms with Gasteiger partial charge >= 0.3 is 0 Å². The predicted molar refractivity (Wildman–Crippen MR) is 86.5 cm³/mol. The van der Waals surface area contributed by atoms with Crippen molar-refractivity contribution in [1.29, 1.82) is 0 Å². The van der Waals surface area contributed by atoms with Crippen molar-refractivity contribution in [3.63, 3.8) is 0 Å². The van der Waals surface area contributed by atoms with E-state index in [0.717, 1.165) is 17.8 Å². The first-order valence-corrected chi connectivity index (χ1v) is 8.77. The molecule has 130 valence electrons. The summed E-state index contributed by atoms with van der Waals surface area (Å²) in [6, 6.07) is 8.57. The summed E-state index contributed by atoms with van der Waals surface area (Å²) in [6.45, 7) is 1.61. The standard InChI is InChI=1S/C16H14F2N4O2S/c1-11(12-2-5-14(6-3-12)22-10-19-9-20-22)21-25(23,24)16-8-13(17)4-7-15(16)18/h2-11,21H,1H3/t11-/m0/s1. The molecule has 3 aromatic rings. The number of hydrogen-bond donors (Lipinski definition) is 1. The van der Waals surface area contributed by atoms with E-state index >= 15 is 0 Å². The molecule has 9 heteroatoms. The highest BCUT2D eigenvalue weighted by atomic mass is 32.2. The summed E-state index contributed by atoms with van der Waals surface area (Å²) in [4.78, 5) is 3.12. The minimum Gasteiger partial charge on any atom is -0.223 e. The van der Waals surface area contributed by atoms with Crippen molar-refractivity contribution >= 4 is 10.0 Å². The molecule has 0 fully saturated rings. The molecule has 0 aliphatic rings. The lowest BCUT2D eigenvalue weighted by atomic mass is 10.1. The molecule has 25 heavy (non-hydrogen) atoms. The zero-order valence-electron chi connectivity index (χ0n) is 13.1. The SMILES string of the molecule is C[C@H](NS(=O)(=O)c1cc(F)ccc1F)c1ccc(-n2cncn2)cc1. The number of nitrogens with one attached hydrogen (secondary N) is 1. The molecule has 0 aliphatic carbocycles. The molecule has 0 spiro atoms. The van der Waals surface area contributed by atoms with Gasteiger partial charge < -0.3 is 0 Å². The monoisotopic (exact) mass is 364 g/mol. The summed E-state index contributed by atoms with van der Waals surface area (Å²) in [5.41, 5.74) is 1.41. The molecule has 0 aliphatic heterocycles. The Balaban J connectivity index is 1.81. The lowest BCUT2D eigenvalue weighted by Crippen LogP contribution is -2.27. The number of halogens is 2. The second-order valence-electron chi connectivity index (χ2n) is 5.35. The summed E-state index contributed by atoms with van der Waals surface area (Å²) in [5.74, 6) is -1.84. The van der Waals surface area contributed by atoms with Crippen LogP contribution in [0.15, 0.2) is 60.0 Å². The van der Waals surface area contributed by atoms with Crippen molar-refractivity contribution in [2.45, 2.75) is 17.9 Å². The summed E-state index contributed by atoms with van der Waals surface area (Å²) in [7, 11) is -4.21. The fourth-order valence-electron chi connectivity index (χ4n) is 2.30. The van der Waals surface area contributed by atoms with Gasteiger partial charge in [0.05, 0.1) is 5.69 Å². The Morgan fingerprint density at radius 2 is 1.84 bits per heavy atom. The zero-order chi connectivity index (χ0) is 18.0. The van der Waals surface area contributed by atoms with Gasteiger partial charge in [-0.05, 0) is 42.8 Å². The first-order chi connectivity index (χ1) is 11.9. The van der Waals surface area contributed by atoms with Crippen LogP contribution in [0.25, 0.3) is 5.69 Å². The summed E-state index contributed by atoms with van der Waals surface area (Å²) >= 11 is 0. The van der Waals surface area contributed by atoms with Gasteiger partial charge in [-0.25, -0.2) is 31.6 Å². The minimum atomic E-state index is -4.21. The second kappa shape index (κ2) is 6.69. The van der Waals surface area contributed by atoms with Crippen LogP contribution in [-0.2, 0) is 10.0 Å². The molecule has 0 amide bonds. The van der Waals surface area contributed by atoms with Gasteiger partial charge in [0.15, 0.2) is 0 Å². The number of nitrogens with zero attached hydrogens (tertiary/aromatic N) is 3. The molecule has 6 nitrogen and oxygen atoms in total. The van der Waals surface area contributed by atoms with Gasteiger partial charge in [0.1, 0.15) is 29.2 Å². The highest BCUT2D eigenvalue weighted by Crippen LogP contribution is 2.21. The fourth-order valence-corrected chi connectivity index (χ4v) is 3.63. The van der Waals surface area contributed by atoms with E-state index in [0.29, 0.717) is 11.6 Å². The van der Waals surface area contributed by atoms with Crippen molar-refractivity contribution in [1.82, 2.24) is 19.5 Å². The molecule has 1 atom stereocenters. The Kier molecular flexibility index (Phi) is 4.60. The Bertz CT molecular complexity index is 974. The number of benzene rings is 2. The molecule has 1 aromatic heterocycles. The van der Waals surface area contributed by atoms with Crippen molar-refractivity contribution in [2.75, 3.05) is 0 Å². The molecule has 0 unspecified atom stereocenters. The zero-order valence-corrected chi connectivity index (χ0v) is 13.9. The first kappa shape index (κ1) is 17.2. The van der Waals surface area contributed by atoms with Crippen LogP contribution in [0.5, 0.6) is 0 Å². The number of sulfonamides is 1. The van der Waals surface area contributed by atoms with Crippen LogP contribution in [0.3, 0.4) is 0 Å². The van der Waals surface area contributed by atoms with Crippen LogP contribution in [-0.4, -0.2) is 23.2 Å². The van der Waals surface area contributed by atoms with E-state index in [1.54, 1.807) is 35.9 Å². The van der Waals surface area contributed by atoms with Crippen LogP contribution in [0.2, 0.25) is 0 Å². The van der Waals surface area contributed by atoms with Gasteiger partial charge in [-0.1, -0.05) is 12.1 Å². The van der Waals surface area contributed by atoms with Crippen molar-refractivity contribution < 1.29 is 17.2 Å². The largest absolute Gasteiger partial charge is 0.244 e. The summed E-state index contributed by atoms with van der Waals surface area (Å²) in [6.07, 6.45) is 2.94. The molecular weight excluding hydrogens is 350 g/mol. The van der Waals surface area contributed by atoms with Crippen LogP contribution < -0.4 is 4.72 Å². The molecule has 0 radical (unpaired) electrons. The van der Waals surface area contributed by atoms with E-state index in [1.165, 1.54) is 12.7 Å². The molecule has 3 rings (SSSR count).